The predicted octanol–water partition coefficient (Wildman–Crippen LogP) is 5.39. The van der Waals surface area contributed by atoms with Crippen molar-refractivity contribution in [2.45, 2.75) is 44.8 Å². The van der Waals surface area contributed by atoms with Crippen LogP contribution >= 0.6 is 11.6 Å². The van der Waals surface area contributed by atoms with Crippen LogP contribution in [-0.4, -0.2) is 50.7 Å². The van der Waals surface area contributed by atoms with Crippen LogP contribution in [0.5, 0.6) is 11.5 Å². The van der Waals surface area contributed by atoms with Crippen molar-refractivity contribution in [3.05, 3.63) is 40.9 Å². The van der Waals surface area contributed by atoms with Crippen LogP contribution in [0, 0.1) is 0 Å². The van der Waals surface area contributed by atoms with Crippen molar-refractivity contribution >= 4 is 23.3 Å². The molecule has 0 saturated carbocycles. The minimum atomic E-state index is -1.06. The molecule has 1 aliphatic heterocycles. The number of hydrogen-bond acceptors (Lipinski definition) is 6. The van der Waals surface area contributed by atoms with Crippen molar-refractivity contribution in [3.63, 3.8) is 0 Å². The molecule has 180 valence electrons. The van der Waals surface area contributed by atoms with Crippen LogP contribution in [0.2, 0.25) is 5.02 Å². The SMILES string of the molecule is CCCCOCc1cc(NC2(C(=O)O)CCOCC2)ccc1-c1cc(OC)cc(OC)c1Cl. The quantitative estimate of drug-likeness (QED) is 0.420. The molecule has 2 aromatic rings. The lowest BCUT2D eigenvalue weighted by Crippen LogP contribution is -2.50. The Bertz CT molecular complexity index is 958. The largest absolute Gasteiger partial charge is 0.497 e. The molecule has 1 saturated heterocycles. The Morgan fingerprint density at radius 3 is 2.55 bits per heavy atom. The molecule has 0 aromatic heterocycles. The van der Waals surface area contributed by atoms with Gasteiger partial charge in [0.2, 0.25) is 0 Å². The minimum absolute atomic E-state index is 0.365. The molecule has 3 rings (SSSR count). The van der Waals surface area contributed by atoms with Gasteiger partial charge < -0.3 is 29.4 Å². The molecule has 0 radical (unpaired) electrons. The average molecular weight is 478 g/mol. The van der Waals surface area contributed by atoms with Gasteiger partial charge in [-0.3, -0.25) is 0 Å². The number of carboxylic acid groups (broad SMARTS) is 1. The number of carbonyl (C=O) groups is 1. The Balaban J connectivity index is 2.01. The molecular weight excluding hydrogens is 446 g/mol. The van der Waals surface area contributed by atoms with E-state index in [2.05, 4.69) is 12.2 Å². The number of unbranched alkanes of at least 4 members (excludes halogenated alkanes) is 1. The van der Waals surface area contributed by atoms with E-state index in [1.54, 1.807) is 20.3 Å². The fraction of sp³-hybridized carbons (Fsp3) is 0.480. The van der Waals surface area contributed by atoms with Gasteiger partial charge in [0.15, 0.2) is 0 Å². The van der Waals surface area contributed by atoms with Gasteiger partial charge in [-0.25, -0.2) is 4.79 Å². The number of carboxylic acids is 1. The normalized spacial score (nSPS) is 15.2. The zero-order valence-electron chi connectivity index (χ0n) is 19.4. The summed E-state index contributed by atoms with van der Waals surface area (Å²) < 4.78 is 22.2. The molecule has 0 atom stereocenters. The van der Waals surface area contributed by atoms with E-state index in [1.807, 2.05) is 24.3 Å². The van der Waals surface area contributed by atoms with Gasteiger partial charge in [0, 0.05) is 50.0 Å². The highest BCUT2D eigenvalue weighted by molar-refractivity contribution is 6.35. The number of aliphatic carboxylic acids is 1. The maximum atomic E-state index is 12.1. The zero-order chi connectivity index (χ0) is 23.8. The van der Waals surface area contributed by atoms with Crippen molar-refractivity contribution < 1.29 is 28.8 Å². The molecule has 8 heteroatoms. The summed E-state index contributed by atoms with van der Waals surface area (Å²) in [5.41, 5.74) is 2.17. The van der Waals surface area contributed by atoms with Gasteiger partial charge in [-0.1, -0.05) is 31.0 Å². The van der Waals surface area contributed by atoms with Crippen LogP contribution in [0.25, 0.3) is 11.1 Å². The Morgan fingerprint density at radius 2 is 1.91 bits per heavy atom. The van der Waals surface area contributed by atoms with E-state index in [0.717, 1.165) is 29.5 Å². The maximum Gasteiger partial charge on any atom is 0.329 e. The fourth-order valence-electron chi connectivity index (χ4n) is 3.91. The molecule has 0 spiro atoms. The lowest BCUT2D eigenvalue weighted by atomic mass is 9.89. The fourth-order valence-corrected chi connectivity index (χ4v) is 4.19. The highest BCUT2D eigenvalue weighted by Gasteiger charge is 2.40. The van der Waals surface area contributed by atoms with E-state index in [0.29, 0.717) is 61.5 Å². The molecule has 1 heterocycles. The molecule has 1 aliphatic rings. The van der Waals surface area contributed by atoms with Crippen LogP contribution in [0.3, 0.4) is 0 Å². The van der Waals surface area contributed by atoms with Gasteiger partial charge in [0.1, 0.15) is 17.0 Å². The standard InChI is InChI=1S/C25H32ClNO6/c1-4-5-10-33-16-17-13-18(27-25(24(28)29)8-11-32-12-9-25)6-7-20(17)21-14-19(30-2)15-22(31-3)23(21)26/h6-7,13-15,27H,4-5,8-12,16H2,1-3H3,(H,28,29). The van der Waals surface area contributed by atoms with E-state index in [-0.39, 0.29) is 0 Å². The summed E-state index contributed by atoms with van der Waals surface area (Å²) in [7, 11) is 3.15. The monoisotopic (exact) mass is 477 g/mol. The third-order valence-electron chi connectivity index (χ3n) is 5.90. The number of halogens is 1. The summed E-state index contributed by atoms with van der Waals surface area (Å²) in [6, 6.07) is 9.33. The number of methoxy groups -OCH3 is 2. The Morgan fingerprint density at radius 1 is 1.15 bits per heavy atom. The summed E-state index contributed by atoms with van der Waals surface area (Å²) in [6.45, 7) is 3.93. The second-order valence-electron chi connectivity index (χ2n) is 8.09. The average Bonchev–Trinajstić information content (AvgIpc) is 2.83. The summed E-state index contributed by atoms with van der Waals surface area (Å²) in [5.74, 6) is 0.257. The lowest BCUT2D eigenvalue weighted by molar-refractivity contribution is -0.145. The van der Waals surface area contributed by atoms with Crippen molar-refractivity contribution in [2.24, 2.45) is 0 Å². The Labute approximate surface area is 199 Å². The minimum Gasteiger partial charge on any atom is -0.497 e. The van der Waals surface area contributed by atoms with Crippen molar-refractivity contribution in [1.29, 1.82) is 0 Å². The van der Waals surface area contributed by atoms with Crippen LogP contribution in [0.15, 0.2) is 30.3 Å². The van der Waals surface area contributed by atoms with Crippen LogP contribution < -0.4 is 14.8 Å². The number of anilines is 1. The number of hydrogen-bond donors (Lipinski definition) is 2. The summed E-state index contributed by atoms with van der Waals surface area (Å²) in [4.78, 5) is 12.1. The smallest absolute Gasteiger partial charge is 0.329 e. The Hall–Kier alpha value is -2.48. The maximum absolute atomic E-state index is 12.1. The van der Waals surface area contributed by atoms with E-state index in [1.165, 1.54) is 0 Å². The third kappa shape index (κ3) is 5.91. The third-order valence-corrected chi connectivity index (χ3v) is 6.29. The highest BCUT2D eigenvalue weighted by atomic mass is 35.5. The lowest BCUT2D eigenvalue weighted by Gasteiger charge is -2.35. The molecule has 33 heavy (non-hydrogen) atoms. The topological polar surface area (TPSA) is 86.3 Å². The number of benzene rings is 2. The number of ether oxygens (including phenoxy) is 4. The molecule has 2 N–H and O–H groups in total. The van der Waals surface area contributed by atoms with E-state index in [4.69, 9.17) is 30.5 Å². The van der Waals surface area contributed by atoms with E-state index < -0.39 is 11.5 Å². The number of rotatable bonds is 11. The van der Waals surface area contributed by atoms with Crippen LogP contribution in [-0.2, 0) is 20.9 Å². The predicted molar refractivity (Wildman–Crippen MR) is 129 cm³/mol. The summed E-state index contributed by atoms with van der Waals surface area (Å²) in [5, 5.41) is 13.6. The highest BCUT2D eigenvalue weighted by Crippen LogP contribution is 2.41. The molecule has 2 aromatic carbocycles. The number of nitrogens with one attached hydrogen (secondary N) is 1. The first-order valence-corrected chi connectivity index (χ1v) is 11.5. The molecule has 1 fully saturated rings. The first-order chi connectivity index (χ1) is 15.9. The molecular formula is C25H32ClNO6. The van der Waals surface area contributed by atoms with E-state index >= 15 is 0 Å². The van der Waals surface area contributed by atoms with E-state index in [9.17, 15) is 9.90 Å². The second-order valence-corrected chi connectivity index (χ2v) is 8.47. The summed E-state index contributed by atoms with van der Waals surface area (Å²) >= 11 is 6.66. The van der Waals surface area contributed by atoms with Gasteiger partial charge in [-0.2, -0.15) is 0 Å². The first-order valence-electron chi connectivity index (χ1n) is 11.2. The van der Waals surface area contributed by atoms with Gasteiger partial charge in [-0.15, -0.1) is 0 Å². The van der Waals surface area contributed by atoms with Gasteiger partial charge in [-0.05, 0) is 35.7 Å². The zero-order valence-corrected chi connectivity index (χ0v) is 20.2. The van der Waals surface area contributed by atoms with Crippen LogP contribution in [0.1, 0.15) is 38.2 Å². The molecule has 0 aliphatic carbocycles. The molecule has 0 bridgehead atoms. The molecule has 0 unspecified atom stereocenters. The van der Waals surface area contributed by atoms with Crippen molar-refractivity contribution in [1.82, 2.24) is 0 Å². The van der Waals surface area contributed by atoms with Crippen molar-refractivity contribution in [2.75, 3.05) is 39.4 Å². The van der Waals surface area contributed by atoms with Gasteiger partial charge in [0.25, 0.3) is 0 Å². The summed E-state index contributed by atoms with van der Waals surface area (Å²) in [6.07, 6.45) is 2.79. The first kappa shape index (κ1) is 25.1. The molecule has 0 amide bonds. The van der Waals surface area contributed by atoms with Gasteiger partial charge in [0.05, 0.1) is 25.8 Å². The molecule has 7 nitrogen and oxygen atoms in total. The van der Waals surface area contributed by atoms with Crippen molar-refractivity contribution in [3.8, 4) is 22.6 Å². The Kier molecular flexibility index (Phi) is 8.83. The van der Waals surface area contributed by atoms with Crippen LogP contribution in [0.4, 0.5) is 5.69 Å². The second kappa shape index (κ2) is 11.6. The van der Waals surface area contributed by atoms with Gasteiger partial charge >= 0.3 is 5.97 Å².